The first kappa shape index (κ1) is 32.0. The van der Waals surface area contributed by atoms with Crippen molar-refractivity contribution in [1.82, 2.24) is 0 Å². The van der Waals surface area contributed by atoms with Gasteiger partial charge in [-0.05, 0) is 98.8 Å². The summed E-state index contributed by atoms with van der Waals surface area (Å²) in [6.07, 6.45) is 0. The Morgan fingerprint density at radius 1 is 0.309 bits per heavy atom. The van der Waals surface area contributed by atoms with Crippen LogP contribution in [0.2, 0.25) is 0 Å². The van der Waals surface area contributed by atoms with Gasteiger partial charge in [0, 0.05) is 47.0 Å². The summed E-state index contributed by atoms with van der Waals surface area (Å²) in [5, 5.41) is 7.72. The molecule has 0 saturated heterocycles. The van der Waals surface area contributed by atoms with Crippen LogP contribution in [0.25, 0.3) is 84.5 Å². The molecule has 0 saturated carbocycles. The Bertz CT molecular complexity index is 3210. The van der Waals surface area contributed by atoms with E-state index in [4.69, 9.17) is 0 Å². The highest BCUT2D eigenvalue weighted by molar-refractivity contribution is 7.26. The largest absolute Gasteiger partial charge is 0.309 e. The zero-order chi connectivity index (χ0) is 36.3. The molecule has 55 heavy (non-hydrogen) atoms. The van der Waals surface area contributed by atoms with Crippen molar-refractivity contribution in [2.75, 3.05) is 4.90 Å². The highest BCUT2D eigenvalue weighted by Gasteiger charge is 2.21. The van der Waals surface area contributed by atoms with Gasteiger partial charge in [-0.3, -0.25) is 0 Å². The first-order chi connectivity index (χ1) is 27.2. The number of benzene rings is 9. The smallest absolute Gasteiger partial charge is 0.0640 e. The van der Waals surface area contributed by atoms with Crippen molar-refractivity contribution < 1.29 is 0 Å². The lowest BCUT2D eigenvalue weighted by atomic mass is 9.93. The van der Waals surface area contributed by atoms with E-state index in [-0.39, 0.29) is 0 Å². The van der Waals surface area contributed by atoms with Crippen molar-refractivity contribution in [3.05, 3.63) is 200 Å². The number of rotatable bonds is 6. The van der Waals surface area contributed by atoms with Gasteiger partial charge >= 0.3 is 0 Å². The second kappa shape index (κ2) is 13.1. The Morgan fingerprint density at radius 2 is 0.945 bits per heavy atom. The van der Waals surface area contributed by atoms with Gasteiger partial charge in [-0.15, -0.1) is 22.7 Å². The van der Waals surface area contributed by atoms with Crippen molar-refractivity contribution in [2.45, 2.75) is 0 Å². The quantitative estimate of drug-likeness (QED) is 0.164. The average molecular weight is 736 g/mol. The molecule has 0 aliphatic carbocycles. The monoisotopic (exact) mass is 735 g/mol. The molecule has 258 valence electrons. The van der Waals surface area contributed by atoms with E-state index in [1.807, 2.05) is 22.7 Å². The summed E-state index contributed by atoms with van der Waals surface area (Å²) in [5.41, 5.74) is 10.7. The second-order valence-electron chi connectivity index (χ2n) is 14.1. The first-order valence-corrected chi connectivity index (χ1v) is 20.3. The van der Waals surface area contributed by atoms with Crippen LogP contribution in [0.15, 0.2) is 200 Å². The summed E-state index contributed by atoms with van der Waals surface area (Å²) >= 11 is 3.74. The van der Waals surface area contributed by atoms with Crippen LogP contribution in [0.3, 0.4) is 0 Å². The van der Waals surface area contributed by atoms with Gasteiger partial charge in [0.25, 0.3) is 0 Å². The lowest BCUT2D eigenvalue weighted by Crippen LogP contribution is -2.10. The fourth-order valence-electron chi connectivity index (χ4n) is 8.18. The third-order valence-electron chi connectivity index (χ3n) is 10.9. The summed E-state index contributed by atoms with van der Waals surface area (Å²) in [7, 11) is 0. The third-order valence-corrected chi connectivity index (χ3v) is 13.2. The molecule has 11 rings (SSSR count). The average Bonchev–Trinajstić information content (AvgIpc) is 3.83. The molecular formula is C52H33NS2. The number of nitrogens with zero attached hydrogens (tertiary/aromatic N) is 1. The van der Waals surface area contributed by atoms with E-state index < -0.39 is 0 Å². The van der Waals surface area contributed by atoms with E-state index >= 15 is 0 Å². The highest BCUT2D eigenvalue weighted by atomic mass is 32.1. The lowest BCUT2D eigenvalue weighted by molar-refractivity contribution is 1.30. The maximum absolute atomic E-state index is 2.46. The summed E-state index contributed by atoms with van der Waals surface area (Å²) in [4.78, 5) is 2.46. The molecule has 0 amide bonds. The number of thiophene rings is 2. The van der Waals surface area contributed by atoms with Gasteiger partial charge in [-0.2, -0.15) is 0 Å². The Balaban J connectivity index is 1.12. The Kier molecular flexibility index (Phi) is 7.61. The number of fused-ring (bicyclic) bond motifs is 7. The van der Waals surface area contributed by atoms with E-state index in [0.29, 0.717) is 0 Å². The second-order valence-corrected chi connectivity index (χ2v) is 16.2. The topological polar surface area (TPSA) is 3.24 Å². The molecule has 2 aromatic heterocycles. The van der Waals surface area contributed by atoms with Gasteiger partial charge < -0.3 is 4.90 Å². The minimum Gasteiger partial charge on any atom is -0.309 e. The Morgan fingerprint density at radius 3 is 1.78 bits per heavy atom. The van der Waals surface area contributed by atoms with E-state index in [1.165, 1.54) is 90.2 Å². The lowest BCUT2D eigenvalue weighted by Gasteiger charge is -2.27. The van der Waals surface area contributed by atoms with Crippen LogP contribution in [0.1, 0.15) is 0 Å². The van der Waals surface area contributed by atoms with Crippen molar-refractivity contribution >= 4 is 90.9 Å². The fourth-order valence-corrected chi connectivity index (χ4v) is 10.5. The van der Waals surface area contributed by atoms with Crippen molar-refractivity contribution in [3.63, 3.8) is 0 Å². The minimum atomic E-state index is 1.12. The van der Waals surface area contributed by atoms with Gasteiger partial charge in [0.1, 0.15) is 0 Å². The molecule has 11 aromatic rings. The molecule has 0 aliphatic heterocycles. The summed E-state index contributed by atoms with van der Waals surface area (Å²) in [6, 6.07) is 73.5. The molecule has 0 N–H and O–H groups in total. The van der Waals surface area contributed by atoms with Gasteiger partial charge in [0.05, 0.1) is 10.4 Å². The van der Waals surface area contributed by atoms with Crippen LogP contribution in [-0.2, 0) is 0 Å². The SMILES string of the molecule is c1ccc(-c2ccc(N(c3ccc(-c4ccc5ccccc5c4)cc3)c3cccc4c3sc3ccccc34)cc2-c2ccc3c(c2)sc2ccccc23)cc1. The summed E-state index contributed by atoms with van der Waals surface area (Å²) < 4.78 is 5.21. The molecule has 0 atom stereocenters. The van der Waals surface area contributed by atoms with Gasteiger partial charge in [0.2, 0.25) is 0 Å². The molecule has 0 aliphatic rings. The predicted octanol–water partition coefficient (Wildman–Crippen LogP) is 16.0. The van der Waals surface area contributed by atoms with Gasteiger partial charge in [0.15, 0.2) is 0 Å². The number of hydrogen-bond donors (Lipinski definition) is 0. The fraction of sp³-hybridized carbons (Fsp3) is 0. The molecule has 3 heteroatoms. The number of anilines is 3. The van der Waals surface area contributed by atoms with Crippen LogP contribution >= 0.6 is 22.7 Å². The predicted molar refractivity (Wildman–Crippen MR) is 241 cm³/mol. The van der Waals surface area contributed by atoms with Crippen LogP contribution in [-0.4, -0.2) is 0 Å². The normalized spacial score (nSPS) is 11.6. The molecule has 0 radical (unpaired) electrons. The zero-order valence-electron chi connectivity index (χ0n) is 29.8. The van der Waals surface area contributed by atoms with Crippen molar-refractivity contribution in [1.29, 1.82) is 0 Å². The maximum Gasteiger partial charge on any atom is 0.0640 e. The van der Waals surface area contributed by atoms with Crippen LogP contribution in [0.4, 0.5) is 17.1 Å². The van der Waals surface area contributed by atoms with Crippen LogP contribution in [0.5, 0.6) is 0 Å². The standard InChI is InChI=1S/C52H33NS2/c1-2-12-36(13-3-1)42-30-28-41(33-47(42)39-25-29-45-43-15-6-8-19-49(43)54-51(45)32-39)53(48-18-10-17-46-44-16-7-9-20-50(44)55-52(46)48)40-26-23-35(24-27-40)38-22-21-34-11-4-5-14-37(34)31-38/h1-33H. The molecule has 0 spiro atoms. The van der Waals surface area contributed by atoms with E-state index in [0.717, 1.165) is 11.4 Å². The third kappa shape index (κ3) is 5.51. The van der Waals surface area contributed by atoms with Crippen molar-refractivity contribution in [3.8, 4) is 33.4 Å². The van der Waals surface area contributed by atoms with E-state index in [1.54, 1.807) is 0 Å². The molecule has 2 heterocycles. The number of hydrogen-bond acceptors (Lipinski definition) is 3. The Hall–Kier alpha value is -6.52. The molecular weight excluding hydrogens is 703 g/mol. The van der Waals surface area contributed by atoms with Crippen LogP contribution < -0.4 is 4.90 Å². The van der Waals surface area contributed by atoms with Gasteiger partial charge in [-0.25, -0.2) is 0 Å². The highest BCUT2D eigenvalue weighted by Crippen LogP contribution is 2.47. The zero-order valence-corrected chi connectivity index (χ0v) is 31.4. The molecule has 9 aromatic carbocycles. The first-order valence-electron chi connectivity index (χ1n) is 18.7. The summed E-state index contributed by atoms with van der Waals surface area (Å²) in [5.74, 6) is 0. The van der Waals surface area contributed by atoms with Gasteiger partial charge in [-0.1, -0.05) is 146 Å². The molecule has 0 bridgehead atoms. The summed E-state index contributed by atoms with van der Waals surface area (Å²) in [6.45, 7) is 0. The van der Waals surface area contributed by atoms with Crippen LogP contribution in [0, 0.1) is 0 Å². The van der Waals surface area contributed by atoms with E-state index in [2.05, 4.69) is 205 Å². The van der Waals surface area contributed by atoms with E-state index in [9.17, 15) is 0 Å². The van der Waals surface area contributed by atoms with Crippen molar-refractivity contribution in [2.24, 2.45) is 0 Å². The minimum absolute atomic E-state index is 1.12. The molecule has 0 unspecified atom stereocenters. The molecule has 0 fully saturated rings. The Labute approximate surface area is 327 Å². The molecule has 1 nitrogen and oxygen atoms in total. The maximum atomic E-state index is 2.46.